The first-order chi connectivity index (χ1) is 13.0. The van der Waals surface area contributed by atoms with E-state index in [0.717, 1.165) is 5.56 Å². The minimum absolute atomic E-state index is 0.0212. The van der Waals surface area contributed by atoms with Gasteiger partial charge in [-0.05, 0) is 24.6 Å². The summed E-state index contributed by atoms with van der Waals surface area (Å²) >= 11 is 0. The van der Waals surface area contributed by atoms with Crippen LogP contribution in [0, 0.1) is 6.92 Å². The number of hydrogen-bond acceptors (Lipinski definition) is 5. The minimum atomic E-state index is -3.69. The zero-order valence-corrected chi connectivity index (χ0v) is 15.7. The van der Waals surface area contributed by atoms with Gasteiger partial charge in [-0.15, -0.1) is 0 Å². The Morgan fingerprint density at radius 2 is 1.81 bits per heavy atom. The van der Waals surface area contributed by atoms with Gasteiger partial charge in [0, 0.05) is 31.2 Å². The molecular weight excluding hydrogens is 362 g/mol. The molecule has 27 heavy (non-hydrogen) atoms. The van der Waals surface area contributed by atoms with Gasteiger partial charge in [0.1, 0.15) is 4.90 Å². The van der Waals surface area contributed by atoms with Crippen LogP contribution in [0.3, 0.4) is 0 Å². The van der Waals surface area contributed by atoms with Gasteiger partial charge in [0.05, 0.1) is 11.9 Å². The van der Waals surface area contributed by atoms with E-state index in [9.17, 15) is 8.42 Å². The lowest BCUT2D eigenvalue weighted by Crippen LogP contribution is -2.32. The average Bonchev–Trinajstić information content (AvgIpc) is 3.27. The highest BCUT2D eigenvalue weighted by atomic mass is 32.2. The first kappa shape index (κ1) is 17.8. The molecule has 1 fully saturated rings. The molecule has 0 aliphatic carbocycles. The number of hydrogen-bond donors (Lipinski definition) is 1. The molecule has 8 heteroatoms. The van der Waals surface area contributed by atoms with Crippen LogP contribution in [0.25, 0.3) is 5.82 Å². The highest BCUT2D eigenvalue weighted by Crippen LogP contribution is 2.31. The Bertz CT molecular complexity index is 1030. The molecule has 2 aromatic heterocycles. The van der Waals surface area contributed by atoms with Crippen molar-refractivity contribution in [2.75, 3.05) is 13.1 Å². The molecule has 2 N–H and O–H groups in total. The summed E-state index contributed by atoms with van der Waals surface area (Å²) in [5, 5.41) is 4.24. The fraction of sp³-hybridized carbons (Fsp3) is 0.263. The largest absolute Gasteiger partial charge is 0.326 e. The van der Waals surface area contributed by atoms with Crippen LogP contribution in [-0.2, 0) is 10.0 Å². The molecule has 1 aromatic carbocycles. The standard InChI is InChI=1S/C19H21N5O2S/c1-14-18(11-22-24(14)19-9-5-6-10-21-19)27(25,26)23-12-16(17(20)13-23)15-7-3-2-4-8-15/h2-11,16-17H,12-13,20H2,1H3/t16-,17+/m0/s1. The van der Waals surface area contributed by atoms with Crippen molar-refractivity contribution in [3.8, 4) is 5.82 Å². The van der Waals surface area contributed by atoms with Gasteiger partial charge in [-0.25, -0.2) is 18.1 Å². The Labute approximate surface area is 158 Å². The second-order valence-corrected chi connectivity index (χ2v) is 8.60. The molecule has 0 saturated carbocycles. The summed E-state index contributed by atoms with van der Waals surface area (Å²) in [7, 11) is -3.69. The number of rotatable bonds is 4. The number of benzene rings is 1. The quantitative estimate of drug-likeness (QED) is 0.740. The van der Waals surface area contributed by atoms with Crippen LogP contribution in [0.2, 0.25) is 0 Å². The van der Waals surface area contributed by atoms with Crippen LogP contribution in [0.5, 0.6) is 0 Å². The molecule has 0 unspecified atom stereocenters. The van der Waals surface area contributed by atoms with E-state index in [4.69, 9.17) is 5.73 Å². The third-order valence-corrected chi connectivity index (χ3v) is 6.94. The lowest BCUT2D eigenvalue weighted by molar-refractivity contribution is 0.469. The van der Waals surface area contributed by atoms with E-state index < -0.39 is 10.0 Å². The van der Waals surface area contributed by atoms with Gasteiger partial charge >= 0.3 is 0 Å². The van der Waals surface area contributed by atoms with E-state index >= 15 is 0 Å². The Morgan fingerprint density at radius 3 is 2.52 bits per heavy atom. The fourth-order valence-corrected chi connectivity index (χ4v) is 5.18. The number of nitrogens with zero attached hydrogens (tertiary/aromatic N) is 4. The van der Waals surface area contributed by atoms with Crippen molar-refractivity contribution in [1.29, 1.82) is 0 Å². The topological polar surface area (TPSA) is 94.1 Å². The molecular formula is C19H21N5O2S. The van der Waals surface area contributed by atoms with Crippen molar-refractivity contribution >= 4 is 10.0 Å². The Hall–Kier alpha value is -2.55. The number of pyridine rings is 1. The zero-order chi connectivity index (χ0) is 19.0. The lowest BCUT2D eigenvalue weighted by Gasteiger charge is -2.16. The normalized spacial score (nSPS) is 20.8. The summed E-state index contributed by atoms with van der Waals surface area (Å²) in [4.78, 5) is 4.43. The van der Waals surface area contributed by atoms with Crippen LogP contribution in [0.15, 0.2) is 65.8 Å². The van der Waals surface area contributed by atoms with Gasteiger partial charge in [0.15, 0.2) is 5.82 Å². The van der Waals surface area contributed by atoms with Gasteiger partial charge in [0.2, 0.25) is 10.0 Å². The maximum atomic E-state index is 13.2. The molecule has 2 atom stereocenters. The van der Waals surface area contributed by atoms with Crippen molar-refractivity contribution in [3.63, 3.8) is 0 Å². The average molecular weight is 383 g/mol. The second-order valence-electron chi connectivity index (χ2n) is 6.70. The summed E-state index contributed by atoms with van der Waals surface area (Å²) in [5.74, 6) is 0.559. The highest BCUT2D eigenvalue weighted by molar-refractivity contribution is 7.89. The smallest absolute Gasteiger partial charge is 0.246 e. The molecule has 3 aromatic rings. The Kier molecular flexibility index (Phi) is 4.55. The highest BCUT2D eigenvalue weighted by Gasteiger charge is 2.39. The van der Waals surface area contributed by atoms with Crippen molar-refractivity contribution in [2.45, 2.75) is 23.8 Å². The first-order valence-electron chi connectivity index (χ1n) is 8.75. The van der Waals surface area contributed by atoms with Gasteiger partial charge in [-0.3, -0.25) is 0 Å². The van der Waals surface area contributed by atoms with E-state index in [2.05, 4.69) is 10.1 Å². The van der Waals surface area contributed by atoms with Crippen molar-refractivity contribution in [3.05, 3.63) is 72.2 Å². The summed E-state index contributed by atoms with van der Waals surface area (Å²) in [6, 6.07) is 15.0. The van der Waals surface area contributed by atoms with Crippen LogP contribution < -0.4 is 5.73 Å². The first-order valence-corrected chi connectivity index (χ1v) is 10.2. The predicted molar refractivity (Wildman–Crippen MR) is 102 cm³/mol. The Balaban J connectivity index is 1.64. The summed E-state index contributed by atoms with van der Waals surface area (Å²) in [5.41, 5.74) is 7.87. The van der Waals surface area contributed by atoms with E-state index in [0.29, 0.717) is 18.1 Å². The van der Waals surface area contributed by atoms with Crippen LogP contribution in [-0.4, -0.2) is 46.6 Å². The SMILES string of the molecule is Cc1c(S(=O)(=O)N2C[C@@H](N)[C@H](c3ccccc3)C2)cnn1-c1ccccn1. The molecule has 7 nitrogen and oxygen atoms in total. The molecule has 0 bridgehead atoms. The number of nitrogens with two attached hydrogens (primary N) is 1. The lowest BCUT2D eigenvalue weighted by atomic mass is 9.95. The van der Waals surface area contributed by atoms with Crippen LogP contribution in [0.4, 0.5) is 0 Å². The summed E-state index contributed by atoms with van der Waals surface area (Å²) < 4.78 is 29.4. The van der Waals surface area contributed by atoms with Crippen molar-refractivity contribution < 1.29 is 8.42 Å². The summed E-state index contributed by atoms with van der Waals surface area (Å²) in [6.45, 7) is 2.39. The molecule has 1 aliphatic heterocycles. The maximum Gasteiger partial charge on any atom is 0.246 e. The van der Waals surface area contributed by atoms with Gasteiger partial charge in [-0.2, -0.15) is 9.40 Å². The van der Waals surface area contributed by atoms with E-state index in [-0.39, 0.29) is 23.4 Å². The molecule has 0 radical (unpaired) electrons. The fourth-order valence-electron chi connectivity index (χ4n) is 3.54. The van der Waals surface area contributed by atoms with E-state index in [1.165, 1.54) is 15.2 Å². The predicted octanol–water partition coefficient (Wildman–Crippen LogP) is 1.69. The minimum Gasteiger partial charge on any atom is -0.326 e. The zero-order valence-electron chi connectivity index (χ0n) is 14.9. The van der Waals surface area contributed by atoms with Gasteiger partial charge in [-0.1, -0.05) is 36.4 Å². The summed E-state index contributed by atoms with van der Waals surface area (Å²) in [6.07, 6.45) is 3.04. The van der Waals surface area contributed by atoms with Gasteiger partial charge < -0.3 is 5.73 Å². The van der Waals surface area contributed by atoms with Crippen LogP contribution >= 0.6 is 0 Å². The van der Waals surface area contributed by atoms with Crippen molar-refractivity contribution in [1.82, 2.24) is 19.1 Å². The maximum absolute atomic E-state index is 13.2. The molecule has 3 heterocycles. The molecule has 0 amide bonds. The molecule has 1 saturated heterocycles. The molecule has 140 valence electrons. The molecule has 0 spiro atoms. The van der Waals surface area contributed by atoms with Crippen LogP contribution in [0.1, 0.15) is 17.2 Å². The third-order valence-electron chi connectivity index (χ3n) is 5.01. The molecule has 4 rings (SSSR count). The number of aromatic nitrogens is 3. The Morgan fingerprint density at radius 1 is 1.07 bits per heavy atom. The van der Waals surface area contributed by atoms with E-state index in [1.807, 2.05) is 36.4 Å². The number of sulfonamides is 1. The van der Waals surface area contributed by atoms with Crippen molar-refractivity contribution in [2.24, 2.45) is 5.73 Å². The van der Waals surface area contributed by atoms with E-state index in [1.54, 1.807) is 25.3 Å². The molecule has 1 aliphatic rings. The van der Waals surface area contributed by atoms with Gasteiger partial charge in [0.25, 0.3) is 0 Å². The second kappa shape index (κ2) is 6.88. The third kappa shape index (κ3) is 3.16. The monoisotopic (exact) mass is 383 g/mol.